The second-order valence-corrected chi connectivity index (χ2v) is 7.07. The van der Waals surface area contributed by atoms with E-state index in [2.05, 4.69) is 5.32 Å². The first-order valence-corrected chi connectivity index (χ1v) is 9.45. The van der Waals surface area contributed by atoms with Crippen LogP contribution in [-0.4, -0.2) is 24.3 Å². The van der Waals surface area contributed by atoms with Gasteiger partial charge in [-0.1, -0.05) is 30.3 Å². The first-order chi connectivity index (χ1) is 12.0. The smallest absolute Gasteiger partial charge is 0.260 e. The second kappa shape index (κ2) is 9.47. The van der Waals surface area contributed by atoms with E-state index in [0.29, 0.717) is 17.9 Å². The lowest BCUT2D eigenvalue weighted by molar-refractivity contribution is -0.127. The maximum atomic E-state index is 13.5. The number of thioether (sulfide) groups is 1. The van der Waals surface area contributed by atoms with E-state index in [-0.39, 0.29) is 11.7 Å². The van der Waals surface area contributed by atoms with E-state index in [1.165, 1.54) is 6.07 Å². The van der Waals surface area contributed by atoms with Gasteiger partial charge < -0.3 is 10.1 Å². The molecule has 0 aromatic heterocycles. The van der Waals surface area contributed by atoms with E-state index in [1.54, 1.807) is 30.8 Å². The Morgan fingerprint density at radius 1 is 1.24 bits per heavy atom. The molecule has 0 heterocycles. The van der Waals surface area contributed by atoms with E-state index in [4.69, 9.17) is 4.74 Å². The number of rotatable bonds is 8. The number of halogens is 1. The fourth-order valence-corrected chi connectivity index (χ4v) is 3.11. The summed E-state index contributed by atoms with van der Waals surface area (Å²) >= 11 is 1.59. The Labute approximate surface area is 153 Å². The van der Waals surface area contributed by atoms with Gasteiger partial charge in [0.2, 0.25) is 0 Å². The SMILES string of the molecule is Cc1ccc(C)c(O[C@H](C)C(=O)NCCSCc2ccccc2F)c1. The van der Waals surface area contributed by atoms with E-state index < -0.39 is 6.10 Å². The van der Waals surface area contributed by atoms with Crippen LogP contribution >= 0.6 is 11.8 Å². The number of benzene rings is 2. The highest BCUT2D eigenvalue weighted by atomic mass is 32.2. The van der Waals surface area contributed by atoms with Gasteiger partial charge in [0.05, 0.1) is 0 Å². The number of hydrogen-bond donors (Lipinski definition) is 1. The van der Waals surface area contributed by atoms with Gasteiger partial charge in [0.25, 0.3) is 5.91 Å². The average molecular weight is 361 g/mol. The van der Waals surface area contributed by atoms with Crippen LogP contribution in [0.3, 0.4) is 0 Å². The molecule has 25 heavy (non-hydrogen) atoms. The molecule has 0 aliphatic rings. The molecule has 2 aromatic carbocycles. The highest BCUT2D eigenvalue weighted by Crippen LogP contribution is 2.20. The predicted molar refractivity (Wildman–Crippen MR) is 102 cm³/mol. The van der Waals surface area contributed by atoms with Crippen LogP contribution in [0, 0.1) is 19.7 Å². The predicted octanol–water partition coefficient (Wildman–Crippen LogP) is 4.26. The normalized spacial score (nSPS) is 11.8. The number of carbonyl (C=O) groups is 1. The Hall–Kier alpha value is -2.01. The molecule has 2 aromatic rings. The fourth-order valence-electron chi connectivity index (χ4n) is 2.27. The maximum Gasteiger partial charge on any atom is 0.260 e. The zero-order valence-electron chi connectivity index (χ0n) is 14.8. The third-order valence-corrected chi connectivity index (χ3v) is 4.79. The Bertz CT molecular complexity index is 721. The number of hydrogen-bond acceptors (Lipinski definition) is 3. The van der Waals surface area contributed by atoms with Gasteiger partial charge in [-0.3, -0.25) is 4.79 Å². The zero-order chi connectivity index (χ0) is 18.2. The van der Waals surface area contributed by atoms with Crippen molar-refractivity contribution >= 4 is 17.7 Å². The standard InChI is InChI=1S/C20H24FNO2S/c1-14-8-9-15(2)19(12-14)24-16(3)20(23)22-10-11-25-13-17-6-4-5-7-18(17)21/h4-9,12,16H,10-11,13H2,1-3H3,(H,22,23)/t16-/m1/s1. The van der Waals surface area contributed by atoms with E-state index in [1.807, 2.05) is 38.1 Å². The molecule has 0 saturated carbocycles. The van der Waals surface area contributed by atoms with Crippen LogP contribution in [-0.2, 0) is 10.5 Å². The van der Waals surface area contributed by atoms with Crippen LogP contribution in [0.1, 0.15) is 23.6 Å². The molecule has 0 saturated heterocycles. The van der Waals surface area contributed by atoms with Crippen LogP contribution in [0.15, 0.2) is 42.5 Å². The van der Waals surface area contributed by atoms with Crippen LogP contribution in [0.25, 0.3) is 0 Å². The van der Waals surface area contributed by atoms with Gasteiger partial charge in [-0.2, -0.15) is 11.8 Å². The zero-order valence-corrected chi connectivity index (χ0v) is 15.7. The van der Waals surface area contributed by atoms with Crippen molar-refractivity contribution in [2.45, 2.75) is 32.6 Å². The molecule has 3 nitrogen and oxygen atoms in total. The van der Waals surface area contributed by atoms with Crippen molar-refractivity contribution in [1.82, 2.24) is 5.32 Å². The molecular formula is C20H24FNO2S. The molecular weight excluding hydrogens is 337 g/mol. The van der Waals surface area contributed by atoms with Crippen LogP contribution < -0.4 is 10.1 Å². The van der Waals surface area contributed by atoms with E-state index in [0.717, 1.165) is 22.6 Å². The minimum absolute atomic E-state index is 0.146. The summed E-state index contributed by atoms with van der Waals surface area (Å²) in [6.45, 7) is 6.21. The molecule has 2 rings (SSSR count). The lowest BCUT2D eigenvalue weighted by Gasteiger charge is -2.16. The van der Waals surface area contributed by atoms with E-state index >= 15 is 0 Å². The number of nitrogens with one attached hydrogen (secondary N) is 1. The number of carbonyl (C=O) groups excluding carboxylic acids is 1. The quantitative estimate of drug-likeness (QED) is 0.714. The third-order valence-electron chi connectivity index (χ3n) is 3.78. The second-order valence-electron chi connectivity index (χ2n) is 5.96. The Morgan fingerprint density at radius 2 is 2.00 bits per heavy atom. The summed E-state index contributed by atoms with van der Waals surface area (Å²) in [6.07, 6.45) is -0.558. The van der Waals surface area contributed by atoms with Gasteiger partial charge in [0, 0.05) is 18.1 Å². The Morgan fingerprint density at radius 3 is 2.76 bits per heavy atom. The summed E-state index contributed by atoms with van der Waals surface area (Å²) in [7, 11) is 0. The lowest BCUT2D eigenvalue weighted by atomic mass is 10.1. The average Bonchev–Trinajstić information content (AvgIpc) is 2.59. The molecule has 0 bridgehead atoms. The topological polar surface area (TPSA) is 38.3 Å². The van der Waals surface area contributed by atoms with Crippen LogP contribution in [0.5, 0.6) is 5.75 Å². The van der Waals surface area contributed by atoms with Crippen molar-refractivity contribution in [3.05, 3.63) is 65.0 Å². The minimum Gasteiger partial charge on any atom is -0.481 e. The van der Waals surface area contributed by atoms with Crippen molar-refractivity contribution in [2.75, 3.05) is 12.3 Å². The number of aryl methyl sites for hydroxylation is 2. The van der Waals surface area contributed by atoms with Crippen LogP contribution in [0.4, 0.5) is 4.39 Å². The molecule has 0 unspecified atom stereocenters. The van der Waals surface area contributed by atoms with Gasteiger partial charge in [0.1, 0.15) is 11.6 Å². The highest BCUT2D eigenvalue weighted by Gasteiger charge is 2.15. The van der Waals surface area contributed by atoms with E-state index in [9.17, 15) is 9.18 Å². The van der Waals surface area contributed by atoms with Gasteiger partial charge in [-0.25, -0.2) is 4.39 Å². The fraction of sp³-hybridized carbons (Fsp3) is 0.350. The summed E-state index contributed by atoms with van der Waals surface area (Å²) in [4.78, 5) is 12.1. The Kier molecular flexibility index (Phi) is 7.31. The van der Waals surface area contributed by atoms with Gasteiger partial charge in [-0.15, -0.1) is 0 Å². The van der Waals surface area contributed by atoms with Crippen molar-refractivity contribution in [2.24, 2.45) is 0 Å². The summed E-state index contributed by atoms with van der Waals surface area (Å²) in [5.74, 6) is 1.71. The van der Waals surface area contributed by atoms with Crippen molar-refractivity contribution in [1.29, 1.82) is 0 Å². The van der Waals surface area contributed by atoms with Gasteiger partial charge >= 0.3 is 0 Å². The number of amides is 1. The van der Waals surface area contributed by atoms with Gasteiger partial charge in [-0.05, 0) is 49.6 Å². The largest absolute Gasteiger partial charge is 0.481 e. The molecule has 1 N–H and O–H groups in total. The molecule has 0 radical (unpaired) electrons. The van der Waals surface area contributed by atoms with Crippen LogP contribution in [0.2, 0.25) is 0 Å². The number of ether oxygens (including phenoxy) is 1. The molecule has 1 atom stereocenters. The molecule has 0 aliphatic heterocycles. The molecule has 134 valence electrons. The lowest BCUT2D eigenvalue weighted by Crippen LogP contribution is -2.37. The molecule has 5 heteroatoms. The molecule has 1 amide bonds. The van der Waals surface area contributed by atoms with Crippen molar-refractivity contribution in [3.63, 3.8) is 0 Å². The summed E-state index contributed by atoms with van der Waals surface area (Å²) in [5, 5.41) is 2.86. The molecule has 0 spiro atoms. The first-order valence-electron chi connectivity index (χ1n) is 8.30. The monoisotopic (exact) mass is 361 g/mol. The summed E-state index contributed by atoms with van der Waals surface area (Å²) in [6, 6.07) is 12.7. The van der Waals surface area contributed by atoms with Gasteiger partial charge in [0.15, 0.2) is 6.10 Å². The Balaban J connectivity index is 1.71. The molecule has 0 aliphatic carbocycles. The highest BCUT2D eigenvalue weighted by molar-refractivity contribution is 7.98. The third kappa shape index (κ3) is 6.09. The summed E-state index contributed by atoms with van der Waals surface area (Å²) < 4.78 is 19.3. The van der Waals surface area contributed by atoms with Crippen molar-refractivity contribution in [3.8, 4) is 5.75 Å². The minimum atomic E-state index is -0.558. The van der Waals surface area contributed by atoms with Crippen molar-refractivity contribution < 1.29 is 13.9 Å². The first kappa shape index (κ1) is 19.3. The summed E-state index contributed by atoms with van der Waals surface area (Å²) in [5.41, 5.74) is 2.79. The maximum absolute atomic E-state index is 13.5. The molecule has 0 fully saturated rings.